The van der Waals surface area contributed by atoms with Crippen LogP contribution in [0.1, 0.15) is 25.7 Å². The number of ether oxygens (including phenoxy) is 2. The lowest BCUT2D eigenvalue weighted by molar-refractivity contribution is -0.124. The van der Waals surface area contributed by atoms with Crippen LogP contribution >= 0.6 is 0 Å². The van der Waals surface area contributed by atoms with Gasteiger partial charge in [-0.25, -0.2) is 0 Å². The molecule has 7 nitrogen and oxygen atoms in total. The predicted octanol–water partition coefficient (Wildman–Crippen LogP) is 1.18. The van der Waals surface area contributed by atoms with Gasteiger partial charge in [0.2, 0.25) is 0 Å². The Morgan fingerprint density at radius 3 is 2.57 bits per heavy atom. The first-order valence-electron chi connectivity index (χ1n) is 7.43. The summed E-state index contributed by atoms with van der Waals surface area (Å²) < 4.78 is 10.8. The van der Waals surface area contributed by atoms with Gasteiger partial charge in [0.15, 0.2) is 5.82 Å². The van der Waals surface area contributed by atoms with Gasteiger partial charge in [-0.3, -0.25) is 4.79 Å². The number of hydrogen-bond donors (Lipinski definition) is 2. The summed E-state index contributed by atoms with van der Waals surface area (Å²) in [6.45, 7) is 2.22. The Morgan fingerprint density at radius 2 is 1.90 bits per heavy atom. The van der Waals surface area contributed by atoms with Crippen LogP contribution in [0.4, 0.5) is 11.6 Å². The van der Waals surface area contributed by atoms with Crippen LogP contribution in [0.2, 0.25) is 0 Å². The van der Waals surface area contributed by atoms with Gasteiger partial charge < -0.3 is 20.1 Å². The first-order chi connectivity index (χ1) is 10.3. The van der Waals surface area contributed by atoms with Crippen molar-refractivity contribution in [1.29, 1.82) is 0 Å². The minimum Gasteiger partial charge on any atom is -0.376 e. The van der Waals surface area contributed by atoms with E-state index >= 15 is 0 Å². The number of hydrogen-bond acceptors (Lipinski definition) is 6. The molecule has 2 aliphatic heterocycles. The van der Waals surface area contributed by atoms with Crippen molar-refractivity contribution in [3.8, 4) is 0 Å². The van der Waals surface area contributed by atoms with Gasteiger partial charge in [-0.1, -0.05) is 0 Å². The number of anilines is 2. The van der Waals surface area contributed by atoms with Gasteiger partial charge in [0.25, 0.3) is 5.91 Å². The Labute approximate surface area is 123 Å². The van der Waals surface area contributed by atoms with Crippen LogP contribution in [0.15, 0.2) is 12.1 Å². The van der Waals surface area contributed by atoms with Gasteiger partial charge in [0.05, 0.1) is 6.10 Å². The summed E-state index contributed by atoms with van der Waals surface area (Å²) in [5, 5.41) is 13.9. The molecular formula is C14H20N4O3. The number of rotatable bonds is 5. The van der Waals surface area contributed by atoms with Gasteiger partial charge in [-0.2, -0.15) is 0 Å². The number of carbonyl (C=O) groups excluding carboxylic acids is 1. The van der Waals surface area contributed by atoms with Crippen LogP contribution in [0, 0.1) is 0 Å². The first kappa shape index (κ1) is 14.2. The van der Waals surface area contributed by atoms with E-state index in [0.717, 1.165) is 38.8 Å². The highest BCUT2D eigenvalue weighted by atomic mass is 16.5. The second-order valence-electron chi connectivity index (χ2n) is 5.31. The van der Waals surface area contributed by atoms with Crippen LogP contribution < -0.4 is 10.6 Å². The van der Waals surface area contributed by atoms with Crippen molar-refractivity contribution in [3.63, 3.8) is 0 Å². The van der Waals surface area contributed by atoms with Crippen molar-refractivity contribution in [2.24, 2.45) is 0 Å². The third kappa shape index (κ3) is 3.89. The Hall–Kier alpha value is -1.73. The smallest absolute Gasteiger partial charge is 0.254 e. The molecule has 2 unspecified atom stereocenters. The van der Waals surface area contributed by atoms with E-state index in [1.165, 1.54) is 0 Å². The van der Waals surface area contributed by atoms with Gasteiger partial charge in [0, 0.05) is 19.8 Å². The first-order valence-corrected chi connectivity index (χ1v) is 7.43. The van der Waals surface area contributed by atoms with Crippen molar-refractivity contribution in [3.05, 3.63) is 12.1 Å². The van der Waals surface area contributed by atoms with E-state index in [-0.39, 0.29) is 18.1 Å². The van der Waals surface area contributed by atoms with Crippen molar-refractivity contribution < 1.29 is 14.3 Å². The Balaban J connectivity index is 1.47. The van der Waals surface area contributed by atoms with Gasteiger partial charge in [-0.15, -0.1) is 10.2 Å². The van der Waals surface area contributed by atoms with E-state index in [1.807, 2.05) is 0 Å². The fraction of sp³-hybridized carbons (Fsp3) is 0.643. The summed E-state index contributed by atoms with van der Waals surface area (Å²) in [6, 6.07) is 3.53. The van der Waals surface area contributed by atoms with E-state index in [2.05, 4.69) is 20.8 Å². The standard InChI is InChI=1S/C14H20N4O3/c19-14(11-4-2-8-21-11)16-13-6-5-12(17-18-13)15-9-10-3-1-7-20-10/h5-6,10-11H,1-4,7-9H2,(H,15,17)(H,16,18,19). The number of aromatic nitrogens is 2. The third-order valence-corrected chi connectivity index (χ3v) is 3.67. The molecule has 0 radical (unpaired) electrons. The molecule has 1 aromatic heterocycles. The molecule has 0 aromatic carbocycles. The molecule has 3 rings (SSSR count). The molecule has 7 heteroatoms. The topological polar surface area (TPSA) is 85.4 Å². The second kappa shape index (κ2) is 6.82. The SMILES string of the molecule is O=C(Nc1ccc(NCC2CCCO2)nn1)C1CCCO1. The van der Waals surface area contributed by atoms with Crippen molar-refractivity contribution in [1.82, 2.24) is 10.2 Å². The lowest BCUT2D eigenvalue weighted by Gasteiger charge is -2.12. The third-order valence-electron chi connectivity index (χ3n) is 3.67. The summed E-state index contributed by atoms with van der Waals surface area (Å²) in [6.07, 6.45) is 3.79. The molecule has 2 atom stereocenters. The maximum absolute atomic E-state index is 11.9. The van der Waals surface area contributed by atoms with Gasteiger partial charge >= 0.3 is 0 Å². The number of nitrogens with one attached hydrogen (secondary N) is 2. The van der Waals surface area contributed by atoms with E-state index in [9.17, 15) is 4.79 Å². The van der Waals surface area contributed by atoms with Crippen molar-refractivity contribution in [2.75, 3.05) is 30.4 Å². The molecule has 2 N–H and O–H groups in total. The molecule has 1 aromatic rings. The monoisotopic (exact) mass is 292 g/mol. The van der Waals surface area contributed by atoms with Crippen LogP contribution in [0.25, 0.3) is 0 Å². The highest BCUT2D eigenvalue weighted by Crippen LogP contribution is 2.15. The Bertz CT molecular complexity index is 468. The minimum atomic E-state index is -0.357. The summed E-state index contributed by atoms with van der Waals surface area (Å²) in [5.74, 6) is 0.973. The largest absolute Gasteiger partial charge is 0.376 e. The summed E-state index contributed by atoms with van der Waals surface area (Å²) in [7, 11) is 0. The lowest BCUT2D eigenvalue weighted by Crippen LogP contribution is -2.27. The highest BCUT2D eigenvalue weighted by molar-refractivity contribution is 5.93. The molecule has 0 bridgehead atoms. The van der Waals surface area contributed by atoms with Gasteiger partial charge in [0.1, 0.15) is 11.9 Å². The summed E-state index contributed by atoms with van der Waals surface area (Å²) in [5.41, 5.74) is 0. The fourth-order valence-corrected chi connectivity index (χ4v) is 2.51. The second-order valence-corrected chi connectivity index (χ2v) is 5.31. The molecule has 2 fully saturated rings. The van der Waals surface area contributed by atoms with Crippen LogP contribution in [0.3, 0.4) is 0 Å². The molecule has 1 amide bonds. The zero-order valence-electron chi connectivity index (χ0n) is 11.9. The number of nitrogens with zero attached hydrogens (tertiary/aromatic N) is 2. The lowest BCUT2D eigenvalue weighted by atomic mass is 10.2. The maximum Gasteiger partial charge on any atom is 0.254 e. The molecule has 3 heterocycles. The van der Waals surface area contributed by atoms with E-state index in [1.54, 1.807) is 12.1 Å². The van der Waals surface area contributed by atoms with E-state index in [0.29, 0.717) is 18.2 Å². The number of amides is 1. The van der Waals surface area contributed by atoms with Crippen molar-refractivity contribution in [2.45, 2.75) is 37.9 Å². The van der Waals surface area contributed by atoms with Gasteiger partial charge in [-0.05, 0) is 37.8 Å². The number of carbonyl (C=O) groups is 1. The molecule has 2 aliphatic rings. The van der Waals surface area contributed by atoms with Crippen molar-refractivity contribution >= 4 is 17.5 Å². The normalized spacial score (nSPS) is 25.0. The molecule has 114 valence electrons. The minimum absolute atomic E-state index is 0.151. The molecule has 2 saturated heterocycles. The average molecular weight is 292 g/mol. The van der Waals surface area contributed by atoms with E-state index in [4.69, 9.17) is 9.47 Å². The summed E-state index contributed by atoms with van der Waals surface area (Å²) in [4.78, 5) is 11.9. The van der Waals surface area contributed by atoms with E-state index < -0.39 is 0 Å². The summed E-state index contributed by atoms with van der Waals surface area (Å²) >= 11 is 0. The quantitative estimate of drug-likeness (QED) is 0.848. The predicted molar refractivity (Wildman–Crippen MR) is 77.1 cm³/mol. The molecule has 0 spiro atoms. The highest BCUT2D eigenvalue weighted by Gasteiger charge is 2.23. The Kier molecular flexibility index (Phi) is 4.62. The molecule has 0 aliphatic carbocycles. The van der Waals surface area contributed by atoms with Crippen LogP contribution in [-0.4, -0.2) is 48.1 Å². The molecule has 0 saturated carbocycles. The fourth-order valence-electron chi connectivity index (χ4n) is 2.51. The zero-order chi connectivity index (χ0) is 14.5. The Morgan fingerprint density at radius 1 is 1.14 bits per heavy atom. The maximum atomic E-state index is 11.9. The molecular weight excluding hydrogens is 272 g/mol. The van der Waals surface area contributed by atoms with Crippen LogP contribution in [-0.2, 0) is 14.3 Å². The van der Waals surface area contributed by atoms with Crippen LogP contribution in [0.5, 0.6) is 0 Å². The zero-order valence-corrected chi connectivity index (χ0v) is 11.9. The average Bonchev–Trinajstić information content (AvgIpc) is 3.20. The molecule has 21 heavy (non-hydrogen) atoms.